The molecule has 0 spiro atoms. The number of halogens is 2. The quantitative estimate of drug-likeness (QED) is 0.727. The second kappa shape index (κ2) is 8.00. The molecule has 0 atom stereocenters. The second-order valence-electron chi connectivity index (χ2n) is 3.68. The van der Waals surface area contributed by atoms with Gasteiger partial charge >= 0.3 is 0 Å². The highest BCUT2D eigenvalue weighted by Crippen LogP contribution is 2.15. The fourth-order valence-corrected chi connectivity index (χ4v) is 1.54. The van der Waals surface area contributed by atoms with Gasteiger partial charge in [-0.2, -0.15) is 0 Å². The van der Waals surface area contributed by atoms with Gasteiger partial charge in [0.1, 0.15) is 11.6 Å². The summed E-state index contributed by atoms with van der Waals surface area (Å²) in [4.78, 5) is 0. The number of benzene rings is 1. The topological polar surface area (TPSA) is 30.5 Å². The van der Waals surface area contributed by atoms with Gasteiger partial charge in [0.25, 0.3) is 0 Å². The Kier molecular flexibility index (Phi) is 6.60. The molecule has 1 aromatic carbocycles. The summed E-state index contributed by atoms with van der Waals surface area (Å²) >= 11 is 0. The zero-order chi connectivity index (χ0) is 13.4. The van der Waals surface area contributed by atoms with Crippen molar-refractivity contribution in [3.05, 3.63) is 29.8 Å². The van der Waals surface area contributed by atoms with Crippen LogP contribution in [0.3, 0.4) is 0 Å². The van der Waals surface area contributed by atoms with Crippen molar-refractivity contribution >= 4 is 5.69 Å². The van der Waals surface area contributed by atoms with Crippen LogP contribution in [0.2, 0.25) is 0 Å². The first kappa shape index (κ1) is 14.9. The number of rotatable bonds is 8. The molecule has 0 saturated heterocycles. The normalized spacial score (nSPS) is 10.9. The Labute approximate surface area is 106 Å². The van der Waals surface area contributed by atoms with Crippen LogP contribution in [0, 0.1) is 11.6 Å². The van der Waals surface area contributed by atoms with Crippen molar-refractivity contribution in [1.29, 1.82) is 0 Å². The zero-order valence-electron chi connectivity index (χ0n) is 10.7. The lowest BCUT2D eigenvalue weighted by molar-refractivity contribution is -0.137. The Morgan fingerprint density at radius 1 is 1.17 bits per heavy atom. The molecule has 1 N–H and O–H groups in total. The van der Waals surface area contributed by atoms with Crippen LogP contribution < -0.4 is 5.32 Å². The lowest BCUT2D eigenvalue weighted by atomic mass is 10.3. The van der Waals surface area contributed by atoms with E-state index < -0.39 is 11.6 Å². The maximum Gasteiger partial charge on any atom is 0.159 e. The van der Waals surface area contributed by atoms with E-state index in [4.69, 9.17) is 9.47 Å². The van der Waals surface area contributed by atoms with Crippen LogP contribution in [0.15, 0.2) is 18.2 Å². The third-order valence-corrected chi connectivity index (χ3v) is 2.33. The van der Waals surface area contributed by atoms with Gasteiger partial charge in [-0.3, -0.25) is 0 Å². The minimum Gasteiger partial charge on any atom is -0.382 e. The lowest BCUT2D eigenvalue weighted by Crippen LogP contribution is -2.21. The molecular formula is C13H19F2NO2. The summed E-state index contributed by atoms with van der Waals surface area (Å²) in [5, 5.41) is 2.83. The van der Waals surface area contributed by atoms with Gasteiger partial charge in [0.2, 0.25) is 0 Å². The van der Waals surface area contributed by atoms with E-state index >= 15 is 0 Å². The standard InChI is InChI=1S/C13H19F2NO2/c1-3-17-13(18-4-2)7-8-16-12-9-10(14)5-6-11(12)15/h5-6,9,13,16H,3-4,7-8H2,1-2H3. The maximum atomic E-state index is 13.3. The Bertz CT molecular complexity index is 355. The van der Waals surface area contributed by atoms with E-state index in [0.29, 0.717) is 26.2 Å². The predicted molar refractivity (Wildman–Crippen MR) is 66.5 cm³/mol. The van der Waals surface area contributed by atoms with Gasteiger partial charge in [0.15, 0.2) is 6.29 Å². The van der Waals surface area contributed by atoms with E-state index in [2.05, 4.69) is 5.32 Å². The van der Waals surface area contributed by atoms with Gasteiger partial charge in [-0.05, 0) is 32.0 Å². The van der Waals surface area contributed by atoms with Crippen LogP contribution in [-0.4, -0.2) is 26.0 Å². The van der Waals surface area contributed by atoms with Gasteiger partial charge in [-0.15, -0.1) is 0 Å². The van der Waals surface area contributed by atoms with E-state index in [1.807, 2.05) is 13.8 Å². The summed E-state index contributed by atoms with van der Waals surface area (Å²) in [5.41, 5.74) is 0.154. The number of anilines is 1. The Morgan fingerprint density at radius 2 is 1.83 bits per heavy atom. The largest absolute Gasteiger partial charge is 0.382 e. The first-order chi connectivity index (χ1) is 8.67. The molecule has 0 unspecified atom stereocenters. The van der Waals surface area contributed by atoms with Gasteiger partial charge in [0.05, 0.1) is 5.69 Å². The summed E-state index contributed by atoms with van der Waals surface area (Å²) in [6.07, 6.45) is 0.251. The van der Waals surface area contributed by atoms with Crippen molar-refractivity contribution in [2.75, 3.05) is 25.1 Å². The molecule has 0 fully saturated rings. The first-order valence-corrected chi connectivity index (χ1v) is 6.09. The van der Waals surface area contributed by atoms with E-state index in [-0.39, 0.29) is 12.0 Å². The van der Waals surface area contributed by atoms with Crippen molar-refractivity contribution in [3.8, 4) is 0 Å². The number of nitrogens with one attached hydrogen (secondary N) is 1. The summed E-state index contributed by atoms with van der Waals surface area (Å²) in [7, 11) is 0. The molecular weight excluding hydrogens is 240 g/mol. The van der Waals surface area contributed by atoms with Gasteiger partial charge in [-0.25, -0.2) is 8.78 Å². The SMILES string of the molecule is CCOC(CCNc1cc(F)ccc1F)OCC. The van der Waals surface area contributed by atoms with E-state index in [1.165, 1.54) is 0 Å². The van der Waals surface area contributed by atoms with Crippen LogP contribution in [0.4, 0.5) is 14.5 Å². The lowest BCUT2D eigenvalue weighted by Gasteiger charge is -2.17. The highest BCUT2D eigenvalue weighted by atomic mass is 19.1. The second-order valence-corrected chi connectivity index (χ2v) is 3.68. The molecule has 1 rings (SSSR count). The molecule has 1 aromatic rings. The van der Waals surface area contributed by atoms with E-state index in [0.717, 1.165) is 18.2 Å². The molecule has 18 heavy (non-hydrogen) atoms. The number of ether oxygens (including phenoxy) is 2. The van der Waals surface area contributed by atoms with Gasteiger partial charge < -0.3 is 14.8 Å². The average Bonchev–Trinajstić information content (AvgIpc) is 2.34. The van der Waals surface area contributed by atoms with Crippen LogP contribution in [0.25, 0.3) is 0 Å². The van der Waals surface area contributed by atoms with Crippen molar-refractivity contribution in [2.24, 2.45) is 0 Å². The molecule has 0 aliphatic heterocycles. The zero-order valence-corrected chi connectivity index (χ0v) is 10.7. The summed E-state index contributed by atoms with van der Waals surface area (Å²) < 4.78 is 36.9. The third kappa shape index (κ3) is 4.98. The fourth-order valence-electron chi connectivity index (χ4n) is 1.54. The van der Waals surface area contributed by atoms with Gasteiger partial charge in [0, 0.05) is 26.2 Å². The first-order valence-electron chi connectivity index (χ1n) is 6.09. The molecule has 0 saturated carbocycles. The molecule has 0 heterocycles. The molecule has 0 aromatic heterocycles. The maximum absolute atomic E-state index is 13.3. The molecule has 0 aliphatic rings. The summed E-state index contributed by atoms with van der Waals surface area (Å²) in [5.74, 6) is -0.939. The number of hydrogen-bond acceptors (Lipinski definition) is 3. The number of hydrogen-bond donors (Lipinski definition) is 1. The highest BCUT2D eigenvalue weighted by Gasteiger charge is 2.08. The van der Waals surface area contributed by atoms with Crippen molar-refractivity contribution in [2.45, 2.75) is 26.6 Å². The van der Waals surface area contributed by atoms with Crippen LogP contribution >= 0.6 is 0 Å². The minimum absolute atomic E-state index is 0.154. The smallest absolute Gasteiger partial charge is 0.159 e. The molecule has 3 nitrogen and oxygen atoms in total. The summed E-state index contributed by atoms with van der Waals surface area (Å²) in [6.45, 7) is 5.32. The molecule has 0 amide bonds. The van der Waals surface area contributed by atoms with Crippen molar-refractivity contribution in [1.82, 2.24) is 0 Å². The van der Waals surface area contributed by atoms with Crippen LogP contribution in [-0.2, 0) is 9.47 Å². The Balaban J connectivity index is 2.41. The van der Waals surface area contributed by atoms with E-state index in [9.17, 15) is 8.78 Å². The van der Waals surface area contributed by atoms with Crippen molar-refractivity contribution < 1.29 is 18.3 Å². The van der Waals surface area contributed by atoms with E-state index in [1.54, 1.807) is 0 Å². The fraction of sp³-hybridized carbons (Fsp3) is 0.538. The Hall–Kier alpha value is -1.20. The highest BCUT2D eigenvalue weighted by molar-refractivity contribution is 5.44. The minimum atomic E-state index is -0.472. The van der Waals surface area contributed by atoms with Crippen LogP contribution in [0.5, 0.6) is 0 Å². The molecule has 5 heteroatoms. The molecule has 0 radical (unpaired) electrons. The van der Waals surface area contributed by atoms with Crippen molar-refractivity contribution in [3.63, 3.8) is 0 Å². The van der Waals surface area contributed by atoms with Crippen LogP contribution in [0.1, 0.15) is 20.3 Å². The molecule has 102 valence electrons. The predicted octanol–water partition coefficient (Wildman–Crippen LogP) is 3.17. The summed E-state index contributed by atoms with van der Waals surface area (Å²) in [6, 6.07) is 3.32. The monoisotopic (exact) mass is 259 g/mol. The van der Waals surface area contributed by atoms with Gasteiger partial charge in [-0.1, -0.05) is 0 Å². The molecule has 0 aliphatic carbocycles. The average molecular weight is 259 g/mol. The molecule has 0 bridgehead atoms. The Morgan fingerprint density at radius 3 is 2.44 bits per heavy atom. The third-order valence-electron chi connectivity index (χ3n) is 2.33.